The van der Waals surface area contributed by atoms with Crippen LogP contribution in [0.5, 0.6) is 0 Å². The molecular formula is C19H16N4S. The fraction of sp³-hybridized carbons (Fsp3) is 0.105. The molecule has 24 heavy (non-hydrogen) atoms. The Kier molecular flexibility index (Phi) is 3.70. The van der Waals surface area contributed by atoms with Gasteiger partial charge < -0.3 is 0 Å². The van der Waals surface area contributed by atoms with Crippen molar-refractivity contribution in [2.24, 2.45) is 10.2 Å². The van der Waals surface area contributed by atoms with Crippen LogP contribution in [0.25, 0.3) is 16.2 Å². The average Bonchev–Trinajstić information content (AvgIpc) is 3.23. The van der Waals surface area contributed by atoms with Crippen LogP contribution in [-0.4, -0.2) is 9.38 Å². The largest absolute Gasteiger partial charge is 0.283 e. The smallest absolute Gasteiger partial charge is 0.188 e. The first-order valence-corrected chi connectivity index (χ1v) is 8.60. The highest BCUT2D eigenvalue weighted by Gasteiger charge is 2.14. The molecule has 0 N–H and O–H groups in total. The van der Waals surface area contributed by atoms with Gasteiger partial charge in [-0.25, -0.2) is 4.98 Å². The summed E-state index contributed by atoms with van der Waals surface area (Å²) in [7, 11) is 0. The van der Waals surface area contributed by atoms with Crippen LogP contribution in [0.1, 0.15) is 11.1 Å². The SMILES string of the molecule is Cc1ccc(C)c(N=Nc2c(-c3cccs3)nc3ccccn23)c1. The van der Waals surface area contributed by atoms with Crippen LogP contribution < -0.4 is 0 Å². The van der Waals surface area contributed by atoms with Gasteiger partial charge >= 0.3 is 0 Å². The topological polar surface area (TPSA) is 42.0 Å². The number of aromatic nitrogens is 2. The number of thiophene rings is 1. The lowest BCUT2D eigenvalue weighted by molar-refractivity contribution is 1.10. The third kappa shape index (κ3) is 2.63. The minimum atomic E-state index is 0.758. The summed E-state index contributed by atoms with van der Waals surface area (Å²) in [5, 5.41) is 11.1. The van der Waals surface area contributed by atoms with E-state index in [1.807, 2.05) is 53.2 Å². The predicted molar refractivity (Wildman–Crippen MR) is 98.6 cm³/mol. The Hall–Kier alpha value is -2.79. The zero-order chi connectivity index (χ0) is 16.5. The van der Waals surface area contributed by atoms with Gasteiger partial charge in [0.05, 0.1) is 10.6 Å². The number of pyridine rings is 1. The van der Waals surface area contributed by atoms with Crippen LogP contribution in [0.15, 0.2) is 70.3 Å². The van der Waals surface area contributed by atoms with Gasteiger partial charge in [0.25, 0.3) is 0 Å². The van der Waals surface area contributed by atoms with Crippen LogP contribution in [0, 0.1) is 13.8 Å². The fourth-order valence-electron chi connectivity index (χ4n) is 2.59. The number of imidazole rings is 1. The second kappa shape index (κ2) is 6.02. The molecule has 0 spiro atoms. The molecular weight excluding hydrogens is 316 g/mol. The van der Waals surface area contributed by atoms with E-state index in [9.17, 15) is 0 Å². The summed E-state index contributed by atoms with van der Waals surface area (Å²) in [6.45, 7) is 4.10. The lowest BCUT2D eigenvalue weighted by Gasteiger charge is -2.01. The number of hydrogen-bond acceptors (Lipinski definition) is 4. The molecule has 0 atom stereocenters. The molecule has 0 radical (unpaired) electrons. The zero-order valence-electron chi connectivity index (χ0n) is 13.5. The highest BCUT2D eigenvalue weighted by atomic mass is 32.1. The number of aryl methyl sites for hydroxylation is 2. The van der Waals surface area contributed by atoms with Crippen molar-refractivity contribution in [3.8, 4) is 10.6 Å². The van der Waals surface area contributed by atoms with E-state index in [2.05, 4.69) is 35.4 Å². The van der Waals surface area contributed by atoms with Gasteiger partial charge in [-0.15, -0.1) is 21.6 Å². The minimum Gasteiger partial charge on any atom is -0.283 e. The minimum absolute atomic E-state index is 0.758. The van der Waals surface area contributed by atoms with E-state index in [0.29, 0.717) is 0 Å². The van der Waals surface area contributed by atoms with Crippen molar-refractivity contribution < 1.29 is 0 Å². The second-order valence-electron chi connectivity index (χ2n) is 5.68. The molecule has 1 aromatic carbocycles. The molecule has 118 valence electrons. The van der Waals surface area contributed by atoms with E-state index in [4.69, 9.17) is 4.98 Å². The maximum atomic E-state index is 4.73. The van der Waals surface area contributed by atoms with Gasteiger partial charge in [0.2, 0.25) is 0 Å². The Morgan fingerprint density at radius 3 is 2.75 bits per heavy atom. The van der Waals surface area contributed by atoms with Gasteiger partial charge in [-0.1, -0.05) is 24.3 Å². The summed E-state index contributed by atoms with van der Waals surface area (Å²) < 4.78 is 1.98. The van der Waals surface area contributed by atoms with Gasteiger partial charge in [0.15, 0.2) is 5.82 Å². The van der Waals surface area contributed by atoms with Crippen molar-refractivity contribution in [3.63, 3.8) is 0 Å². The number of nitrogens with zero attached hydrogens (tertiary/aromatic N) is 4. The lowest BCUT2D eigenvalue weighted by Crippen LogP contribution is -1.81. The van der Waals surface area contributed by atoms with Gasteiger partial charge in [0, 0.05) is 6.20 Å². The van der Waals surface area contributed by atoms with Crippen LogP contribution in [0.4, 0.5) is 11.5 Å². The molecule has 3 heterocycles. The highest BCUT2D eigenvalue weighted by molar-refractivity contribution is 7.13. The molecule has 5 heteroatoms. The van der Waals surface area contributed by atoms with Crippen molar-refractivity contribution in [3.05, 3.63) is 71.2 Å². The van der Waals surface area contributed by atoms with Crippen LogP contribution in [0.2, 0.25) is 0 Å². The van der Waals surface area contributed by atoms with Crippen molar-refractivity contribution in [2.45, 2.75) is 13.8 Å². The molecule has 0 fully saturated rings. The standard InChI is InChI=1S/C19H16N4S/c1-13-8-9-14(2)15(12-13)21-22-19-18(16-6-5-11-24-16)20-17-7-3-4-10-23(17)19/h3-12H,1-2H3. The maximum Gasteiger partial charge on any atom is 0.188 e. The van der Waals surface area contributed by atoms with Crippen molar-refractivity contribution >= 4 is 28.5 Å². The maximum absolute atomic E-state index is 4.73. The summed E-state index contributed by atoms with van der Waals surface area (Å²) >= 11 is 1.66. The van der Waals surface area contributed by atoms with Crippen molar-refractivity contribution in [1.82, 2.24) is 9.38 Å². The normalized spacial score (nSPS) is 11.6. The molecule has 3 aromatic heterocycles. The summed E-state index contributed by atoms with van der Waals surface area (Å²) in [5.41, 5.74) is 4.90. The fourth-order valence-corrected chi connectivity index (χ4v) is 3.29. The molecule has 0 saturated heterocycles. The number of rotatable bonds is 3. The second-order valence-corrected chi connectivity index (χ2v) is 6.63. The van der Waals surface area contributed by atoms with Crippen molar-refractivity contribution in [2.75, 3.05) is 0 Å². The van der Waals surface area contributed by atoms with Crippen LogP contribution in [0.3, 0.4) is 0 Å². The molecule has 0 aliphatic carbocycles. The molecule has 0 amide bonds. The highest BCUT2D eigenvalue weighted by Crippen LogP contribution is 2.35. The number of benzene rings is 1. The van der Waals surface area contributed by atoms with Crippen molar-refractivity contribution in [1.29, 1.82) is 0 Å². The number of hydrogen-bond donors (Lipinski definition) is 0. The molecule has 0 bridgehead atoms. The first-order valence-electron chi connectivity index (χ1n) is 7.72. The van der Waals surface area contributed by atoms with Gasteiger partial charge in [-0.3, -0.25) is 4.40 Å². The summed E-state index contributed by atoms with van der Waals surface area (Å²) in [6, 6.07) is 16.2. The van der Waals surface area contributed by atoms with Gasteiger partial charge in [-0.2, -0.15) is 0 Å². The molecule has 4 nitrogen and oxygen atoms in total. The summed E-state index contributed by atoms with van der Waals surface area (Å²) in [4.78, 5) is 5.82. The molecule has 0 aliphatic heterocycles. The molecule has 4 rings (SSSR count). The van der Waals surface area contributed by atoms with E-state index < -0.39 is 0 Å². The predicted octanol–water partition coefficient (Wildman–Crippen LogP) is 6.10. The van der Waals surface area contributed by atoms with Gasteiger partial charge in [0.1, 0.15) is 11.3 Å². The zero-order valence-corrected chi connectivity index (χ0v) is 14.3. The Balaban J connectivity index is 1.87. The quantitative estimate of drug-likeness (QED) is 0.418. The first kappa shape index (κ1) is 14.8. The Morgan fingerprint density at radius 1 is 1.00 bits per heavy atom. The molecule has 0 unspecified atom stereocenters. The van der Waals surface area contributed by atoms with E-state index in [1.165, 1.54) is 5.56 Å². The van der Waals surface area contributed by atoms with E-state index >= 15 is 0 Å². The lowest BCUT2D eigenvalue weighted by atomic mass is 10.1. The third-order valence-corrected chi connectivity index (χ3v) is 4.75. The number of azo groups is 1. The third-order valence-electron chi connectivity index (χ3n) is 3.88. The monoisotopic (exact) mass is 332 g/mol. The van der Waals surface area contributed by atoms with E-state index in [-0.39, 0.29) is 0 Å². The average molecular weight is 332 g/mol. The summed E-state index contributed by atoms with van der Waals surface area (Å²) in [6.07, 6.45) is 1.97. The number of fused-ring (bicyclic) bond motifs is 1. The van der Waals surface area contributed by atoms with Crippen LogP contribution in [-0.2, 0) is 0 Å². The Labute approximate surface area is 144 Å². The Morgan fingerprint density at radius 2 is 1.92 bits per heavy atom. The Bertz CT molecular complexity index is 1030. The van der Waals surface area contributed by atoms with E-state index in [0.717, 1.165) is 33.3 Å². The van der Waals surface area contributed by atoms with E-state index in [1.54, 1.807) is 11.3 Å². The van der Waals surface area contributed by atoms with Gasteiger partial charge in [-0.05, 0) is 54.6 Å². The molecule has 4 aromatic rings. The van der Waals surface area contributed by atoms with Crippen LogP contribution >= 0.6 is 11.3 Å². The summed E-state index contributed by atoms with van der Waals surface area (Å²) in [5.74, 6) is 0.758. The molecule has 0 saturated carbocycles. The molecule has 0 aliphatic rings. The first-order chi connectivity index (χ1) is 11.7.